The summed E-state index contributed by atoms with van der Waals surface area (Å²) in [6, 6.07) is 19.0. The monoisotopic (exact) mass is 444 g/mol. The number of para-hydroxylation sites is 1. The number of methoxy groups -OCH3 is 2. The first-order valence-electron chi connectivity index (χ1n) is 10.8. The van der Waals surface area contributed by atoms with Gasteiger partial charge in [0, 0.05) is 22.7 Å². The van der Waals surface area contributed by atoms with Crippen molar-refractivity contribution in [3.8, 4) is 22.6 Å². The summed E-state index contributed by atoms with van der Waals surface area (Å²) >= 11 is 0. The van der Waals surface area contributed by atoms with Gasteiger partial charge in [-0.25, -0.2) is 0 Å². The molecule has 0 spiro atoms. The number of aliphatic hydroxyl groups is 1. The van der Waals surface area contributed by atoms with Gasteiger partial charge in [0.1, 0.15) is 0 Å². The summed E-state index contributed by atoms with van der Waals surface area (Å²) in [5.41, 5.74) is 5.60. The number of carbonyl (C=O) groups is 1. The molecule has 1 heterocycles. The SMILES string of the molecule is COc1ccc(-c2ccc(C(=O)N[C@@H](CO)Cc3c[nH]c4ccccc34)cc2C)cc1OC. The molecule has 0 bridgehead atoms. The smallest absolute Gasteiger partial charge is 0.251 e. The van der Waals surface area contributed by atoms with Crippen LogP contribution in [0.3, 0.4) is 0 Å². The normalized spacial score (nSPS) is 11.9. The molecule has 170 valence electrons. The number of aromatic amines is 1. The van der Waals surface area contributed by atoms with Crippen LogP contribution < -0.4 is 14.8 Å². The Kier molecular flexibility index (Phi) is 6.66. The third kappa shape index (κ3) is 4.71. The van der Waals surface area contributed by atoms with Gasteiger partial charge in [0.05, 0.1) is 26.9 Å². The van der Waals surface area contributed by atoms with Crippen LogP contribution in [0, 0.1) is 6.92 Å². The minimum absolute atomic E-state index is 0.145. The van der Waals surface area contributed by atoms with Crippen molar-refractivity contribution in [1.82, 2.24) is 10.3 Å². The van der Waals surface area contributed by atoms with Gasteiger partial charge in [-0.3, -0.25) is 4.79 Å². The predicted molar refractivity (Wildman–Crippen MR) is 130 cm³/mol. The van der Waals surface area contributed by atoms with Gasteiger partial charge in [0.25, 0.3) is 5.91 Å². The van der Waals surface area contributed by atoms with Crippen LogP contribution in [-0.2, 0) is 6.42 Å². The number of fused-ring (bicyclic) bond motifs is 1. The lowest BCUT2D eigenvalue weighted by Gasteiger charge is -2.17. The third-order valence-corrected chi connectivity index (χ3v) is 5.88. The second kappa shape index (κ2) is 9.79. The summed E-state index contributed by atoms with van der Waals surface area (Å²) in [5, 5.41) is 13.9. The van der Waals surface area contributed by atoms with E-state index in [9.17, 15) is 9.90 Å². The van der Waals surface area contributed by atoms with Gasteiger partial charge in [0.15, 0.2) is 11.5 Å². The van der Waals surface area contributed by atoms with E-state index in [-0.39, 0.29) is 18.6 Å². The maximum absolute atomic E-state index is 12.9. The molecule has 0 fully saturated rings. The van der Waals surface area contributed by atoms with Crippen molar-refractivity contribution in [3.05, 3.63) is 83.6 Å². The number of ether oxygens (including phenoxy) is 2. The van der Waals surface area contributed by atoms with Crippen LogP contribution in [0.4, 0.5) is 0 Å². The van der Waals surface area contributed by atoms with E-state index >= 15 is 0 Å². The zero-order valence-electron chi connectivity index (χ0n) is 19.0. The van der Waals surface area contributed by atoms with Gasteiger partial charge in [-0.2, -0.15) is 0 Å². The molecule has 0 aliphatic heterocycles. The second-order valence-electron chi connectivity index (χ2n) is 8.02. The molecule has 0 saturated heterocycles. The summed E-state index contributed by atoms with van der Waals surface area (Å²) in [6.07, 6.45) is 2.47. The fourth-order valence-corrected chi connectivity index (χ4v) is 4.13. The molecule has 0 unspecified atom stereocenters. The van der Waals surface area contributed by atoms with Crippen LogP contribution in [-0.4, -0.2) is 42.9 Å². The highest BCUT2D eigenvalue weighted by atomic mass is 16.5. The highest BCUT2D eigenvalue weighted by Gasteiger charge is 2.17. The maximum Gasteiger partial charge on any atom is 0.251 e. The van der Waals surface area contributed by atoms with E-state index in [1.807, 2.05) is 67.7 Å². The molecule has 0 radical (unpaired) electrons. The Labute approximate surface area is 193 Å². The molecule has 3 N–H and O–H groups in total. The number of H-pyrrole nitrogens is 1. The minimum Gasteiger partial charge on any atom is -0.493 e. The van der Waals surface area contributed by atoms with Gasteiger partial charge < -0.3 is 24.9 Å². The van der Waals surface area contributed by atoms with Gasteiger partial charge in [0.2, 0.25) is 0 Å². The van der Waals surface area contributed by atoms with Crippen molar-refractivity contribution >= 4 is 16.8 Å². The van der Waals surface area contributed by atoms with E-state index in [1.54, 1.807) is 20.3 Å². The number of amides is 1. The fraction of sp³-hybridized carbons (Fsp3) is 0.222. The van der Waals surface area contributed by atoms with Gasteiger partial charge in [-0.15, -0.1) is 0 Å². The Bertz CT molecular complexity index is 1280. The molecule has 1 amide bonds. The number of aromatic nitrogens is 1. The van der Waals surface area contributed by atoms with Crippen LogP contribution in [0.1, 0.15) is 21.5 Å². The van der Waals surface area contributed by atoms with Gasteiger partial charge >= 0.3 is 0 Å². The van der Waals surface area contributed by atoms with Crippen molar-refractivity contribution in [3.63, 3.8) is 0 Å². The molecule has 1 atom stereocenters. The number of hydrogen-bond donors (Lipinski definition) is 3. The average Bonchev–Trinajstić information content (AvgIpc) is 3.25. The van der Waals surface area contributed by atoms with Crippen LogP contribution in [0.5, 0.6) is 11.5 Å². The molecule has 4 aromatic rings. The summed E-state index contributed by atoms with van der Waals surface area (Å²) in [4.78, 5) is 16.2. The topological polar surface area (TPSA) is 83.6 Å². The molecular weight excluding hydrogens is 416 g/mol. The van der Waals surface area contributed by atoms with Crippen LogP contribution in [0.2, 0.25) is 0 Å². The van der Waals surface area contributed by atoms with E-state index in [2.05, 4.69) is 10.3 Å². The first kappa shape index (κ1) is 22.4. The fourth-order valence-electron chi connectivity index (χ4n) is 4.13. The molecule has 6 heteroatoms. The van der Waals surface area contributed by atoms with Gasteiger partial charge in [-0.05, 0) is 65.9 Å². The highest BCUT2D eigenvalue weighted by Crippen LogP contribution is 2.33. The lowest BCUT2D eigenvalue weighted by Crippen LogP contribution is -2.39. The van der Waals surface area contributed by atoms with Crippen molar-refractivity contribution in [2.24, 2.45) is 0 Å². The number of benzene rings is 3. The predicted octanol–water partition coefficient (Wildman–Crippen LogP) is 4.49. The molecule has 3 aromatic carbocycles. The van der Waals surface area contributed by atoms with E-state index in [0.717, 1.165) is 33.2 Å². The van der Waals surface area contributed by atoms with Crippen molar-refractivity contribution < 1.29 is 19.4 Å². The van der Waals surface area contributed by atoms with Crippen LogP contribution in [0.15, 0.2) is 66.9 Å². The van der Waals surface area contributed by atoms with E-state index < -0.39 is 0 Å². The molecule has 33 heavy (non-hydrogen) atoms. The highest BCUT2D eigenvalue weighted by molar-refractivity contribution is 5.95. The molecule has 0 aliphatic carbocycles. The maximum atomic E-state index is 12.9. The van der Waals surface area contributed by atoms with E-state index in [0.29, 0.717) is 23.5 Å². The van der Waals surface area contributed by atoms with E-state index in [1.165, 1.54) is 0 Å². The number of nitrogens with one attached hydrogen (secondary N) is 2. The van der Waals surface area contributed by atoms with Crippen LogP contribution in [0.25, 0.3) is 22.0 Å². The first-order valence-corrected chi connectivity index (χ1v) is 10.8. The van der Waals surface area contributed by atoms with E-state index in [4.69, 9.17) is 9.47 Å². The zero-order chi connectivity index (χ0) is 23.4. The largest absolute Gasteiger partial charge is 0.493 e. The minimum atomic E-state index is -0.387. The molecule has 0 saturated carbocycles. The second-order valence-corrected chi connectivity index (χ2v) is 8.02. The molecule has 4 rings (SSSR count). The number of hydrogen-bond acceptors (Lipinski definition) is 4. The Balaban J connectivity index is 1.50. The standard InChI is InChI=1S/C27H28N2O4/c1-17-12-19(8-10-22(17)18-9-11-25(32-2)26(14-18)33-3)27(31)29-21(16-30)13-20-15-28-24-7-5-4-6-23(20)24/h4-12,14-15,21,28,30H,13,16H2,1-3H3,(H,29,31)/t21-/m1/s1. The first-order chi connectivity index (χ1) is 16.0. The molecule has 6 nitrogen and oxygen atoms in total. The molecular formula is C27H28N2O4. The third-order valence-electron chi connectivity index (χ3n) is 5.88. The Morgan fingerprint density at radius 2 is 1.82 bits per heavy atom. The average molecular weight is 445 g/mol. The van der Waals surface area contributed by atoms with Crippen molar-refractivity contribution in [2.75, 3.05) is 20.8 Å². The van der Waals surface area contributed by atoms with Crippen molar-refractivity contribution in [2.45, 2.75) is 19.4 Å². The quantitative estimate of drug-likeness (QED) is 0.374. The summed E-state index contributed by atoms with van der Waals surface area (Å²) in [5.74, 6) is 1.11. The molecule has 0 aliphatic rings. The van der Waals surface area contributed by atoms with Crippen LogP contribution >= 0.6 is 0 Å². The Morgan fingerprint density at radius 3 is 2.55 bits per heavy atom. The van der Waals surface area contributed by atoms with Crippen molar-refractivity contribution in [1.29, 1.82) is 0 Å². The summed E-state index contributed by atoms with van der Waals surface area (Å²) < 4.78 is 10.7. The lowest BCUT2D eigenvalue weighted by molar-refractivity contribution is 0.0916. The molecule has 1 aromatic heterocycles. The number of aliphatic hydroxyl groups excluding tert-OH is 1. The number of rotatable bonds is 8. The summed E-state index contributed by atoms with van der Waals surface area (Å²) in [6.45, 7) is 1.83. The Morgan fingerprint density at radius 1 is 1.03 bits per heavy atom. The van der Waals surface area contributed by atoms with Gasteiger partial charge in [-0.1, -0.05) is 30.3 Å². The number of aryl methyl sites for hydroxylation is 1. The number of carbonyl (C=O) groups excluding carboxylic acids is 1. The lowest BCUT2D eigenvalue weighted by atomic mass is 9.97. The summed E-state index contributed by atoms with van der Waals surface area (Å²) in [7, 11) is 3.21. The Hall–Kier alpha value is -3.77. The zero-order valence-corrected chi connectivity index (χ0v) is 19.0.